The first-order valence-electron chi connectivity index (χ1n) is 4.96. The van der Waals surface area contributed by atoms with Crippen LogP contribution in [0, 0.1) is 0 Å². The van der Waals surface area contributed by atoms with Crippen molar-refractivity contribution in [1.82, 2.24) is 10.3 Å². The van der Waals surface area contributed by atoms with Crippen LogP contribution in [0.4, 0.5) is 0 Å². The maximum absolute atomic E-state index is 5.03. The number of nitrogens with zero attached hydrogens (tertiary/aromatic N) is 1. The third kappa shape index (κ3) is 2.67. The van der Waals surface area contributed by atoms with Crippen LogP contribution in [0.3, 0.4) is 0 Å². The first kappa shape index (κ1) is 10.4. The molecule has 2 aromatic heterocycles. The van der Waals surface area contributed by atoms with E-state index < -0.39 is 0 Å². The third-order valence-corrected chi connectivity index (χ3v) is 2.95. The zero-order valence-electron chi connectivity index (χ0n) is 8.86. The number of aromatic nitrogens is 1. The van der Waals surface area contributed by atoms with Gasteiger partial charge in [0.05, 0.1) is 12.0 Å². The molecule has 0 saturated carbocycles. The molecule has 0 amide bonds. The van der Waals surface area contributed by atoms with E-state index in [0.717, 1.165) is 22.8 Å². The van der Waals surface area contributed by atoms with Crippen molar-refractivity contribution in [3.05, 3.63) is 29.7 Å². The molecule has 15 heavy (non-hydrogen) atoms. The summed E-state index contributed by atoms with van der Waals surface area (Å²) in [6.45, 7) is 5.08. The van der Waals surface area contributed by atoms with Crippen molar-refractivity contribution in [3.63, 3.8) is 0 Å². The predicted molar refractivity (Wildman–Crippen MR) is 61.8 cm³/mol. The zero-order valence-corrected chi connectivity index (χ0v) is 9.67. The van der Waals surface area contributed by atoms with Crippen molar-refractivity contribution in [3.8, 4) is 10.6 Å². The van der Waals surface area contributed by atoms with Crippen molar-refractivity contribution in [1.29, 1.82) is 0 Å². The Morgan fingerprint density at radius 3 is 3.07 bits per heavy atom. The number of nitrogens with one attached hydrogen (secondary N) is 1. The van der Waals surface area contributed by atoms with Crippen LogP contribution < -0.4 is 5.32 Å². The summed E-state index contributed by atoms with van der Waals surface area (Å²) in [6, 6.07) is 2.42. The van der Waals surface area contributed by atoms with Crippen molar-refractivity contribution < 1.29 is 4.42 Å². The molecule has 0 atom stereocenters. The number of furan rings is 1. The average molecular weight is 222 g/mol. The topological polar surface area (TPSA) is 38.1 Å². The van der Waals surface area contributed by atoms with Crippen molar-refractivity contribution in [2.24, 2.45) is 0 Å². The molecule has 0 aliphatic heterocycles. The van der Waals surface area contributed by atoms with Crippen LogP contribution in [0.15, 0.2) is 28.4 Å². The summed E-state index contributed by atoms with van der Waals surface area (Å²) in [5, 5.41) is 6.44. The van der Waals surface area contributed by atoms with Gasteiger partial charge in [0.25, 0.3) is 0 Å². The minimum absolute atomic E-state index is 0.490. The molecule has 80 valence electrons. The molecule has 0 spiro atoms. The van der Waals surface area contributed by atoms with E-state index in [4.69, 9.17) is 4.42 Å². The van der Waals surface area contributed by atoms with E-state index in [0.29, 0.717) is 6.04 Å². The lowest BCUT2D eigenvalue weighted by Crippen LogP contribution is -2.21. The minimum atomic E-state index is 0.490. The highest BCUT2D eigenvalue weighted by molar-refractivity contribution is 7.13. The molecule has 2 heterocycles. The summed E-state index contributed by atoms with van der Waals surface area (Å²) in [6.07, 6.45) is 3.39. The van der Waals surface area contributed by atoms with Gasteiger partial charge in [-0.15, -0.1) is 11.3 Å². The molecule has 4 heteroatoms. The minimum Gasteiger partial charge on any atom is -0.472 e. The second-order valence-corrected chi connectivity index (χ2v) is 4.55. The predicted octanol–water partition coefficient (Wildman–Crippen LogP) is 2.90. The van der Waals surface area contributed by atoms with Crippen LogP contribution in [0.5, 0.6) is 0 Å². The Kier molecular flexibility index (Phi) is 3.18. The molecular weight excluding hydrogens is 208 g/mol. The fraction of sp³-hybridized carbons (Fsp3) is 0.364. The number of rotatable bonds is 4. The molecule has 2 rings (SSSR count). The fourth-order valence-corrected chi connectivity index (χ4v) is 2.02. The molecule has 0 aliphatic rings. The molecule has 0 aromatic carbocycles. The lowest BCUT2D eigenvalue weighted by molar-refractivity contribution is 0.568. The second-order valence-electron chi connectivity index (χ2n) is 3.69. The maximum Gasteiger partial charge on any atom is 0.126 e. The molecular formula is C11H14N2OS. The summed E-state index contributed by atoms with van der Waals surface area (Å²) >= 11 is 1.65. The van der Waals surface area contributed by atoms with Crippen molar-refractivity contribution in [2.75, 3.05) is 0 Å². The highest BCUT2D eigenvalue weighted by Gasteiger charge is 2.05. The van der Waals surface area contributed by atoms with Crippen LogP contribution in [-0.4, -0.2) is 11.0 Å². The van der Waals surface area contributed by atoms with Crippen LogP contribution in [-0.2, 0) is 6.54 Å². The van der Waals surface area contributed by atoms with Gasteiger partial charge in [-0.05, 0) is 6.07 Å². The number of hydrogen-bond acceptors (Lipinski definition) is 4. The summed E-state index contributed by atoms with van der Waals surface area (Å²) < 4.78 is 5.03. The summed E-state index contributed by atoms with van der Waals surface area (Å²) in [5.74, 6) is 0. The van der Waals surface area contributed by atoms with Gasteiger partial charge in [-0.25, -0.2) is 4.98 Å². The Morgan fingerprint density at radius 1 is 1.53 bits per heavy atom. The van der Waals surface area contributed by atoms with Gasteiger partial charge in [-0.2, -0.15) is 0 Å². The SMILES string of the molecule is CC(C)NCc1csc(-c2ccoc2)n1. The second kappa shape index (κ2) is 4.59. The van der Waals surface area contributed by atoms with E-state index in [9.17, 15) is 0 Å². The Hall–Kier alpha value is -1.13. The molecule has 1 N–H and O–H groups in total. The van der Waals surface area contributed by atoms with Crippen LogP contribution in [0.2, 0.25) is 0 Å². The maximum atomic E-state index is 5.03. The normalized spacial score (nSPS) is 11.1. The smallest absolute Gasteiger partial charge is 0.126 e. The Morgan fingerprint density at radius 2 is 2.40 bits per heavy atom. The zero-order chi connectivity index (χ0) is 10.7. The van der Waals surface area contributed by atoms with Gasteiger partial charge in [0.15, 0.2) is 0 Å². The van der Waals surface area contributed by atoms with Gasteiger partial charge in [-0.1, -0.05) is 13.8 Å². The summed E-state index contributed by atoms with van der Waals surface area (Å²) in [7, 11) is 0. The Balaban J connectivity index is 2.04. The average Bonchev–Trinajstić information content (AvgIpc) is 2.85. The Labute approximate surface area is 93.2 Å². The highest BCUT2D eigenvalue weighted by Crippen LogP contribution is 2.23. The molecule has 3 nitrogen and oxygen atoms in total. The van der Waals surface area contributed by atoms with E-state index in [1.165, 1.54) is 0 Å². The summed E-state index contributed by atoms with van der Waals surface area (Å²) in [4.78, 5) is 4.52. The van der Waals surface area contributed by atoms with E-state index in [1.807, 2.05) is 6.07 Å². The molecule has 0 aliphatic carbocycles. The van der Waals surface area contributed by atoms with Crippen LogP contribution in [0.1, 0.15) is 19.5 Å². The van der Waals surface area contributed by atoms with Gasteiger partial charge in [-0.3, -0.25) is 0 Å². The van der Waals surface area contributed by atoms with Crippen LogP contribution in [0.25, 0.3) is 10.6 Å². The largest absolute Gasteiger partial charge is 0.472 e. The van der Waals surface area contributed by atoms with Crippen LogP contribution >= 0.6 is 11.3 Å². The van der Waals surface area contributed by atoms with Crippen molar-refractivity contribution in [2.45, 2.75) is 26.4 Å². The van der Waals surface area contributed by atoms with Gasteiger partial charge < -0.3 is 9.73 Å². The monoisotopic (exact) mass is 222 g/mol. The lowest BCUT2D eigenvalue weighted by atomic mass is 10.3. The Bertz CT molecular complexity index is 406. The third-order valence-electron chi connectivity index (χ3n) is 2.01. The lowest BCUT2D eigenvalue weighted by Gasteiger charge is -2.04. The highest BCUT2D eigenvalue weighted by atomic mass is 32.1. The van der Waals surface area contributed by atoms with Gasteiger partial charge in [0, 0.05) is 23.5 Å². The summed E-state index contributed by atoms with van der Waals surface area (Å²) in [5.41, 5.74) is 2.14. The van der Waals surface area contributed by atoms with E-state index in [-0.39, 0.29) is 0 Å². The number of hydrogen-bond donors (Lipinski definition) is 1. The molecule has 0 saturated heterocycles. The quantitative estimate of drug-likeness (QED) is 0.864. The fourth-order valence-electron chi connectivity index (χ4n) is 1.22. The van der Waals surface area contributed by atoms with Gasteiger partial charge in [0.2, 0.25) is 0 Å². The van der Waals surface area contributed by atoms with Crippen molar-refractivity contribution >= 4 is 11.3 Å². The molecule has 2 aromatic rings. The van der Waals surface area contributed by atoms with E-state index in [2.05, 4.69) is 29.5 Å². The standard InChI is InChI=1S/C11H14N2OS/c1-8(2)12-5-10-7-15-11(13-10)9-3-4-14-6-9/h3-4,6-8,12H,5H2,1-2H3. The first-order chi connectivity index (χ1) is 7.25. The first-order valence-corrected chi connectivity index (χ1v) is 5.84. The molecule has 0 radical (unpaired) electrons. The molecule has 0 bridgehead atoms. The van der Waals surface area contributed by atoms with Gasteiger partial charge >= 0.3 is 0 Å². The molecule has 0 fully saturated rings. The van der Waals surface area contributed by atoms with E-state index >= 15 is 0 Å². The molecule has 0 unspecified atom stereocenters. The van der Waals surface area contributed by atoms with Gasteiger partial charge in [0.1, 0.15) is 11.3 Å². The number of thiazole rings is 1. The van der Waals surface area contributed by atoms with E-state index in [1.54, 1.807) is 23.9 Å².